The van der Waals surface area contributed by atoms with Crippen molar-refractivity contribution >= 4 is 17.5 Å². The summed E-state index contributed by atoms with van der Waals surface area (Å²) in [6.07, 6.45) is 3.05. The molecule has 0 unspecified atom stereocenters. The molecule has 23 heavy (non-hydrogen) atoms. The number of piperidine rings is 1. The number of rotatable bonds is 7. The second-order valence-electron chi connectivity index (χ2n) is 6.38. The molecule has 1 aromatic rings. The van der Waals surface area contributed by atoms with Gasteiger partial charge in [-0.05, 0) is 76.0 Å². The van der Waals surface area contributed by atoms with E-state index in [9.17, 15) is 4.79 Å². The zero-order chi connectivity index (χ0) is 16.7. The molecule has 0 spiro atoms. The predicted octanol–water partition coefficient (Wildman–Crippen LogP) is 3.35. The lowest BCUT2D eigenvalue weighted by molar-refractivity contribution is -0.127. The Kier molecular flexibility index (Phi) is 7.18. The van der Waals surface area contributed by atoms with E-state index in [4.69, 9.17) is 16.3 Å². The van der Waals surface area contributed by atoms with Crippen LogP contribution in [-0.4, -0.2) is 43.1 Å². The highest BCUT2D eigenvalue weighted by atomic mass is 35.5. The Labute approximate surface area is 144 Å². The SMILES string of the molecule is CC1CCN(CCCNC(=O)[C@@H](C)Oc2ccc(Cl)cc2)CC1. The summed E-state index contributed by atoms with van der Waals surface area (Å²) in [6.45, 7) is 8.20. The van der Waals surface area contributed by atoms with Gasteiger partial charge in [-0.25, -0.2) is 0 Å². The standard InChI is InChI=1S/C18H27ClN2O2/c1-14-8-12-21(13-9-14)11-3-10-20-18(22)15(2)23-17-6-4-16(19)5-7-17/h4-7,14-15H,3,8-13H2,1-2H3,(H,20,22)/t15-/m1/s1. The van der Waals surface area contributed by atoms with E-state index in [0.717, 1.165) is 18.9 Å². The van der Waals surface area contributed by atoms with E-state index < -0.39 is 6.10 Å². The first-order valence-electron chi connectivity index (χ1n) is 8.47. The van der Waals surface area contributed by atoms with Crippen LogP contribution in [0.4, 0.5) is 0 Å². The van der Waals surface area contributed by atoms with Crippen LogP contribution >= 0.6 is 11.6 Å². The number of nitrogens with zero attached hydrogens (tertiary/aromatic N) is 1. The molecule has 0 radical (unpaired) electrons. The van der Waals surface area contributed by atoms with Crippen LogP contribution in [0.3, 0.4) is 0 Å². The molecule has 1 amide bonds. The van der Waals surface area contributed by atoms with Gasteiger partial charge < -0.3 is 15.0 Å². The number of likely N-dealkylation sites (tertiary alicyclic amines) is 1. The van der Waals surface area contributed by atoms with Gasteiger partial charge in [-0.1, -0.05) is 18.5 Å². The molecular formula is C18H27ClN2O2. The molecule has 1 saturated heterocycles. The van der Waals surface area contributed by atoms with Crippen molar-refractivity contribution in [3.8, 4) is 5.75 Å². The minimum Gasteiger partial charge on any atom is -0.481 e. The fourth-order valence-corrected chi connectivity index (χ4v) is 2.84. The number of benzene rings is 1. The molecule has 1 aromatic carbocycles. The number of hydrogen-bond donors (Lipinski definition) is 1. The van der Waals surface area contributed by atoms with Crippen molar-refractivity contribution in [1.29, 1.82) is 0 Å². The average Bonchev–Trinajstić information content (AvgIpc) is 2.55. The highest BCUT2D eigenvalue weighted by Gasteiger charge is 2.16. The number of ether oxygens (including phenoxy) is 1. The van der Waals surface area contributed by atoms with Gasteiger partial charge in [-0.2, -0.15) is 0 Å². The van der Waals surface area contributed by atoms with Gasteiger partial charge in [0.15, 0.2) is 6.10 Å². The summed E-state index contributed by atoms with van der Waals surface area (Å²) in [7, 11) is 0. The molecule has 0 saturated carbocycles. The fraction of sp³-hybridized carbons (Fsp3) is 0.611. The van der Waals surface area contributed by atoms with E-state index in [1.54, 1.807) is 31.2 Å². The molecule has 1 atom stereocenters. The highest BCUT2D eigenvalue weighted by Crippen LogP contribution is 2.17. The first-order valence-corrected chi connectivity index (χ1v) is 8.84. The Balaban J connectivity index is 1.61. The third kappa shape index (κ3) is 6.40. The average molecular weight is 339 g/mol. The minimum atomic E-state index is -0.507. The van der Waals surface area contributed by atoms with E-state index in [1.165, 1.54) is 25.9 Å². The van der Waals surface area contributed by atoms with Crippen LogP contribution in [0.2, 0.25) is 5.02 Å². The summed E-state index contributed by atoms with van der Waals surface area (Å²) in [5, 5.41) is 3.60. The molecule has 1 fully saturated rings. The van der Waals surface area contributed by atoms with E-state index in [1.807, 2.05) is 0 Å². The molecule has 2 rings (SSSR count). The van der Waals surface area contributed by atoms with Gasteiger partial charge >= 0.3 is 0 Å². The first kappa shape index (κ1) is 18.1. The maximum atomic E-state index is 12.0. The number of amides is 1. The van der Waals surface area contributed by atoms with Gasteiger partial charge in [0.1, 0.15) is 5.75 Å². The highest BCUT2D eigenvalue weighted by molar-refractivity contribution is 6.30. The molecule has 128 valence electrons. The van der Waals surface area contributed by atoms with Crippen LogP contribution in [0.25, 0.3) is 0 Å². The number of halogens is 1. The third-order valence-electron chi connectivity index (χ3n) is 4.32. The molecule has 0 aromatic heterocycles. The van der Waals surface area contributed by atoms with Crippen molar-refractivity contribution < 1.29 is 9.53 Å². The Morgan fingerprint density at radius 3 is 2.65 bits per heavy atom. The molecule has 0 aliphatic carbocycles. The molecule has 4 nitrogen and oxygen atoms in total. The van der Waals surface area contributed by atoms with E-state index in [-0.39, 0.29) is 5.91 Å². The number of nitrogens with one attached hydrogen (secondary N) is 1. The predicted molar refractivity (Wildman–Crippen MR) is 94.0 cm³/mol. The topological polar surface area (TPSA) is 41.6 Å². The van der Waals surface area contributed by atoms with Gasteiger partial charge in [-0.3, -0.25) is 4.79 Å². The largest absolute Gasteiger partial charge is 0.481 e. The second-order valence-corrected chi connectivity index (χ2v) is 6.82. The summed E-state index contributed by atoms with van der Waals surface area (Å²) < 4.78 is 5.61. The van der Waals surface area contributed by atoms with Crippen molar-refractivity contribution in [3.63, 3.8) is 0 Å². The van der Waals surface area contributed by atoms with Crippen LogP contribution in [0.1, 0.15) is 33.1 Å². The van der Waals surface area contributed by atoms with Gasteiger partial charge in [0.25, 0.3) is 5.91 Å². The van der Waals surface area contributed by atoms with E-state index in [2.05, 4.69) is 17.1 Å². The molecule has 1 aliphatic rings. The molecule has 1 aliphatic heterocycles. The Bertz CT molecular complexity index is 484. The van der Waals surface area contributed by atoms with Crippen LogP contribution in [0.5, 0.6) is 5.75 Å². The van der Waals surface area contributed by atoms with Crippen molar-refractivity contribution in [3.05, 3.63) is 29.3 Å². The van der Waals surface area contributed by atoms with Crippen LogP contribution in [-0.2, 0) is 4.79 Å². The lowest BCUT2D eigenvalue weighted by Gasteiger charge is -2.30. The second kappa shape index (κ2) is 9.14. The van der Waals surface area contributed by atoms with Crippen LogP contribution in [0, 0.1) is 5.92 Å². The molecule has 1 heterocycles. The van der Waals surface area contributed by atoms with Crippen molar-refractivity contribution in [2.75, 3.05) is 26.2 Å². The normalized spacial score (nSPS) is 17.7. The Hall–Kier alpha value is -1.26. The lowest BCUT2D eigenvalue weighted by atomic mass is 9.99. The first-order chi connectivity index (χ1) is 11.0. The van der Waals surface area contributed by atoms with Crippen molar-refractivity contribution in [2.24, 2.45) is 5.92 Å². The smallest absolute Gasteiger partial charge is 0.260 e. The van der Waals surface area contributed by atoms with Gasteiger partial charge in [0.05, 0.1) is 0 Å². The van der Waals surface area contributed by atoms with E-state index >= 15 is 0 Å². The molecular weight excluding hydrogens is 312 g/mol. The maximum Gasteiger partial charge on any atom is 0.260 e. The number of carbonyl (C=O) groups is 1. The summed E-state index contributed by atoms with van der Waals surface area (Å²) in [5.74, 6) is 1.43. The summed E-state index contributed by atoms with van der Waals surface area (Å²) >= 11 is 5.83. The van der Waals surface area contributed by atoms with E-state index in [0.29, 0.717) is 17.3 Å². The third-order valence-corrected chi connectivity index (χ3v) is 4.57. The monoisotopic (exact) mass is 338 g/mol. The van der Waals surface area contributed by atoms with Crippen LogP contribution < -0.4 is 10.1 Å². The van der Waals surface area contributed by atoms with Crippen molar-refractivity contribution in [2.45, 2.75) is 39.2 Å². The van der Waals surface area contributed by atoms with Gasteiger partial charge in [0, 0.05) is 11.6 Å². The molecule has 5 heteroatoms. The Morgan fingerprint density at radius 2 is 2.00 bits per heavy atom. The van der Waals surface area contributed by atoms with Gasteiger partial charge in [-0.15, -0.1) is 0 Å². The summed E-state index contributed by atoms with van der Waals surface area (Å²) in [4.78, 5) is 14.5. The summed E-state index contributed by atoms with van der Waals surface area (Å²) in [5.41, 5.74) is 0. The molecule has 0 bridgehead atoms. The summed E-state index contributed by atoms with van der Waals surface area (Å²) in [6, 6.07) is 7.04. The van der Waals surface area contributed by atoms with Crippen LogP contribution in [0.15, 0.2) is 24.3 Å². The lowest BCUT2D eigenvalue weighted by Crippen LogP contribution is -2.39. The zero-order valence-corrected chi connectivity index (χ0v) is 14.8. The number of hydrogen-bond acceptors (Lipinski definition) is 3. The quantitative estimate of drug-likeness (QED) is 0.775. The Morgan fingerprint density at radius 1 is 1.35 bits per heavy atom. The maximum absolute atomic E-state index is 12.0. The van der Waals surface area contributed by atoms with Gasteiger partial charge in [0.2, 0.25) is 0 Å². The minimum absolute atomic E-state index is 0.0767. The molecule has 1 N–H and O–H groups in total. The number of carbonyl (C=O) groups excluding carboxylic acids is 1. The zero-order valence-electron chi connectivity index (χ0n) is 14.1. The van der Waals surface area contributed by atoms with Crippen molar-refractivity contribution in [1.82, 2.24) is 10.2 Å². The fourth-order valence-electron chi connectivity index (χ4n) is 2.71.